The minimum atomic E-state index is -0.829. The summed E-state index contributed by atoms with van der Waals surface area (Å²) in [6.07, 6.45) is 0.806. The Morgan fingerprint density at radius 1 is 1.53 bits per heavy atom. The van der Waals surface area contributed by atoms with E-state index in [1.807, 2.05) is 6.92 Å². The van der Waals surface area contributed by atoms with Gasteiger partial charge in [-0.25, -0.2) is 4.79 Å². The first kappa shape index (κ1) is 12.3. The number of hydrogen-bond acceptors (Lipinski definition) is 2. The van der Waals surface area contributed by atoms with Gasteiger partial charge in [0.25, 0.3) is 0 Å². The Balaban J connectivity index is 2.70. The first-order valence-electron chi connectivity index (χ1n) is 5.50. The Hall–Kier alpha value is -0.770. The van der Waals surface area contributed by atoms with Crippen molar-refractivity contribution >= 4 is 6.09 Å². The molecule has 0 aromatic carbocycles. The smallest absolute Gasteiger partial charge is 0.407 e. The predicted octanol–water partition coefficient (Wildman–Crippen LogP) is 1.78. The molecule has 0 aliphatic carbocycles. The monoisotopic (exact) mass is 215 g/mol. The van der Waals surface area contributed by atoms with Crippen molar-refractivity contribution in [3.8, 4) is 0 Å². The molecule has 1 aliphatic rings. The maximum absolute atomic E-state index is 10.9. The standard InChI is InChI=1S/C11H21NO3/c1-8-9(11(2,3)5-7-13)4-6-12(8)10(14)15/h8-9,13H,4-7H2,1-3H3,(H,14,15). The predicted molar refractivity (Wildman–Crippen MR) is 57.8 cm³/mol. The van der Waals surface area contributed by atoms with Crippen molar-refractivity contribution < 1.29 is 15.0 Å². The Labute approximate surface area is 90.9 Å². The summed E-state index contributed by atoms with van der Waals surface area (Å²) < 4.78 is 0. The minimum absolute atomic E-state index is 0.0123. The normalized spacial score (nSPS) is 27.1. The van der Waals surface area contributed by atoms with E-state index in [0.29, 0.717) is 12.5 Å². The highest BCUT2D eigenvalue weighted by Crippen LogP contribution is 2.40. The molecule has 1 saturated heterocycles. The van der Waals surface area contributed by atoms with Crippen molar-refractivity contribution in [3.05, 3.63) is 0 Å². The van der Waals surface area contributed by atoms with Crippen LogP contribution in [0.25, 0.3) is 0 Å². The lowest BCUT2D eigenvalue weighted by Gasteiger charge is -2.35. The summed E-state index contributed by atoms with van der Waals surface area (Å²) in [5.74, 6) is 0.348. The van der Waals surface area contributed by atoms with Crippen LogP contribution in [0.1, 0.15) is 33.6 Å². The van der Waals surface area contributed by atoms with Crippen LogP contribution in [0.4, 0.5) is 4.79 Å². The molecule has 1 rings (SSSR count). The van der Waals surface area contributed by atoms with Crippen molar-refractivity contribution in [2.45, 2.75) is 39.7 Å². The second-order valence-electron chi connectivity index (χ2n) is 5.07. The minimum Gasteiger partial charge on any atom is -0.465 e. The number of aliphatic hydroxyl groups excluding tert-OH is 1. The van der Waals surface area contributed by atoms with Crippen LogP contribution >= 0.6 is 0 Å². The molecule has 15 heavy (non-hydrogen) atoms. The van der Waals surface area contributed by atoms with Gasteiger partial charge in [0.05, 0.1) is 0 Å². The number of likely N-dealkylation sites (tertiary alicyclic amines) is 1. The molecular weight excluding hydrogens is 194 g/mol. The maximum atomic E-state index is 10.9. The molecular formula is C11H21NO3. The number of carboxylic acid groups (broad SMARTS) is 1. The molecule has 1 amide bonds. The third kappa shape index (κ3) is 2.43. The van der Waals surface area contributed by atoms with Crippen LogP contribution in [-0.2, 0) is 0 Å². The zero-order valence-corrected chi connectivity index (χ0v) is 9.73. The first-order valence-corrected chi connectivity index (χ1v) is 5.50. The van der Waals surface area contributed by atoms with Gasteiger partial charge in [0.15, 0.2) is 0 Å². The maximum Gasteiger partial charge on any atom is 0.407 e. The summed E-state index contributed by atoms with van der Waals surface area (Å²) in [6.45, 7) is 6.97. The number of hydrogen-bond donors (Lipinski definition) is 2. The van der Waals surface area contributed by atoms with Gasteiger partial charge in [-0.05, 0) is 31.1 Å². The molecule has 2 atom stereocenters. The zero-order chi connectivity index (χ0) is 11.6. The van der Waals surface area contributed by atoms with Gasteiger partial charge in [0.2, 0.25) is 0 Å². The highest BCUT2D eigenvalue weighted by molar-refractivity contribution is 5.65. The number of carbonyl (C=O) groups is 1. The lowest BCUT2D eigenvalue weighted by molar-refractivity contribution is 0.103. The van der Waals surface area contributed by atoms with E-state index in [1.54, 1.807) is 0 Å². The van der Waals surface area contributed by atoms with E-state index >= 15 is 0 Å². The van der Waals surface area contributed by atoms with E-state index in [2.05, 4.69) is 13.8 Å². The lowest BCUT2D eigenvalue weighted by Crippen LogP contribution is -2.39. The average molecular weight is 215 g/mol. The third-order valence-electron chi connectivity index (χ3n) is 3.76. The number of rotatable bonds is 3. The van der Waals surface area contributed by atoms with Crippen molar-refractivity contribution in [2.75, 3.05) is 13.2 Å². The van der Waals surface area contributed by atoms with E-state index in [0.717, 1.165) is 12.8 Å². The Bertz CT molecular complexity index is 240. The highest BCUT2D eigenvalue weighted by Gasteiger charge is 2.41. The molecule has 0 bridgehead atoms. The van der Waals surface area contributed by atoms with Gasteiger partial charge in [-0.3, -0.25) is 0 Å². The van der Waals surface area contributed by atoms with Crippen molar-refractivity contribution in [1.29, 1.82) is 0 Å². The van der Waals surface area contributed by atoms with E-state index in [9.17, 15) is 4.79 Å². The van der Waals surface area contributed by atoms with Crippen LogP contribution in [0, 0.1) is 11.3 Å². The van der Waals surface area contributed by atoms with Gasteiger partial charge < -0.3 is 15.1 Å². The summed E-state index contributed by atoms with van der Waals surface area (Å²) >= 11 is 0. The first-order chi connectivity index (χ1) is 6.90. The van der Waals surface area contributed by atoms with Crippen molar-refractivity contribution in [3.63, 3.8) is 0 Å². The molecule has 0 aromatic heterocycles. The molecule has 2 N–H and O–H groups in total. The molecule has 1 fully saturated rings. The van der Waals surface area contributed by atoms with E-state index < -0.39 is 6.09 Å². The third-order valence-corrected chi connectivity index (χ3v) is 3.76. The van der Waals surface area contributed by atoms with Gasteiger partial charge in [0, 0.05) is 19.2 Å². The van der Waals surface area contributed by atoms with Crippen LogP contribution in [-0.4, -0.2) is 40.4 Å². The van der Waals surface area contributed by atoms with Crippen LogP contribution in [0.2, 0.25) is 0 Å². The van der Waals surface area contributed by atoms with Crippen LogP contribution < -0.4 is 0 Å². The fourth-order valence-electron chi connectivity index (χ4n) is 2.73. The molecule has 0 saturated carbocycles. The second-order valence-corrected chi connectivity index (χ2v) is 5.07. The lowest BCUT2D eigenvalue weighted by atomic mass is 9.73. The van der Waals surface area contributed by atoms with Gasteiger partial charge >= 0.3 is 6.09 Å². The molecule has 88 valence electrons. The Kier molecular flexibility index (Phi) is 3.60. The number of amides is 1. The molecule has 4 nitrogen and oxygen atoms in total. The van der Waals surface area contributed by atoms with Crippen LogP contribution in [0.5, 0.6) is 0 Å². The van der Waals surface area contributed by atoms with Gasteiger partial charge in [0.1, 0.15) is 0 Å². The van der Waals surface area contributed by atoms with Gasteiger partial charge in [-0.1, -0.05) is 13.8 Å². The largest absolute Gasteiger partial charge is 0.465 e. The van der Waals surface area contributed by atoms with Crippen molar-refractivity contribution in [2.24, 2.45) is 11.3 Å². The molecule has 2 unspecified atom stereocenters. The Morgan fingerprint density at radius 2 is 2.13 bits per heavy atom. The zero-order valence-electron chi connectivity index (χ0n) is 9.73. The summed E-state index contributed by atoms with van der Waals surface area (Å²) in [5.41, 5.74) is 0.0123. The average Bonchev–Trinajstić information content (AvgIpc) is 2.47. The SMILES string of the molecule is CC1C(C(C)(C)CCO)CCN1C(=O)O. The fourth-order valence-corrected chi connectivity index (χ4v) is 2.73. The van der Waals surface area contributed by atoms with E-state index in [4.69, 9.17) is 10.2 Å². The summed E-state index contributed by atoms with van der Waals surface area (Å²) in [4.78, 5) is 12.4. The van der Waals surface area contributed by atoms with Gasteiger partial charge in [-0.2, -0.15) is 0 Å². The summed E-state index contributed by atoms with van der Waals surface area (Å²) in [7, 11) is 0. The molecule has 0 aromatic rings. The summed E-state index contributed by atoms with van der Waals surface area (Å²) in [5, 5.41) is 18.0. The molecule has 0 radical (unpaired) electrons. The van der Waals surface area contributed by atoms with Gasteiger partial charge in [-0.15, -0.1) is 0 Å². The molecule has 1 heterocycles. The van der Waals surface area contributed by atoms with Crippen LogP contribution in [0.3, 0.4) is 0 Å². The second kappa shape index (κ2) is 4.39. The highest BCUT2D eigenvalue weighted by atomic mass is 16.4. The molecule has 4 heteroatoms. The van der Waals surface area contributed by atoms with E-state index in [1.165, 1.54) is 4.90 Å². The quantitative estimate of drug-likeness (QED) is 0.754. The van der Waals surface area contributed by atoms with Crippen LogP contribution in [0.15, 0.2) is 0 Å². The summed E-state index contributed by atoms with van der Waals surface area (Å²) in [6, 6.07) is 0.0593. The number of aliphatic hydroxyl groups is 1. The van der Waals surface area contributed by atoms with Crippen molar-refractivity contribution in [1.82, 2.24) is 4.90 Å². The van der Waals surface area contributed by atoms with E-state index in [-0.39, 0.29) is 18.1 Å². The number of nitrogens with zero attached hydrogens (tertiary/aromatic N) is 1. The molecule has 1 aliphatic heterocycles. The Morgan fingerprint density at radius 3 is 2.53 bits per heavy atom. The topological polar surface area (TPSA) is 60.8 Å². The molecule has 0 spiro atoms. The fraction of sp³-hybridized carbons (Fsp3) is 0.909.